The van der Waals surface area contributed by atoms with Crippen molar-refractivity contribution in [3.63, 3.8) is 0 Å². The number of carbonyl (C=O) groups is 1. The minimum absolute atomic E-state index is 0.443. The molecule has 0 saturated heterocycles. The average molecular weight is 282 g/mol. The number of nitrogens with one attached hydrogen (secondary N) is 1. The molecule has 2 amide bonds. The van der Waals surface area contributed by atoms with Crippen LogP contribution in [0, 0.1) is 0 Å². The molecule has 0 saturated carbocycles. The summed E-state index contributed by atoms with van der Waals surface area (Å²) in [5.41, 5.74) is 4.73. The molecule has 0 fully saturated rings. The van der Waals surface area contributed by atoms with Crippen LogP contribution in [0.5, 0.6) is 0 Å². The zero-order valence-corrected chi connectivity index (χ0v) is 13.2. The fourth-order valence-electron chi connectivity index (χ4n) is 0.936. The molecular formula is C10H26N2O3SSi. The van der Waals surface area contributed by atoms with E-state index in [2.05, 4.69) is 24.5 Å². The first-order valence-corrected chi connectivity index (χ1v) is 8.85. The van der Waals surface area contributed by atoms with Gasteiger partial charge in [0.15, 0.2) is 0 Å². The summed E-state index contributed by atoms with van der Waals surface area (Å²) in [6, 6.07) is 0.589. The Morgan fingerprint density at radius 2 is 1.94 bits per heavy atom. The molecule has 0 spiro atoms. The third kappa shape index (κ3) is 13.7. The predicted octanol–water partition coefficient (Wildman–Crippen LogP) is 1.74. The Bertz CT molecular complexity index is 192. The van der Waals surface area contributed by atoms with Gasteiger partial charge in [-0.05, 0) is 31.2 Å². The van der Waals surface area contributed by atoms with Gasteiger partial charge in [0.05, 0.1) is 0 Å². The van der Waals surface area contributed by atoms with Gasteiger partial charge in [0, 0.05) is 20.8 Å². The monoisotopic (exact) mass is 282 g/mol. The quantitative estimate of drug-likeness (QED) is 0.492. The van der Waals surface area contributed by atoms with Gasteiger partial charge in [0.2, 0.25) is 0 Å². The highest BCUT2D eigenvalue weighted by Crippen LogP contribution is 2.13. The molecule has 0 unspecified atom stereocenters. The van der Waals surface area contributed by atoms with E-state index in [9.17, 15) is 4.79 Å². The van der Waals surface area contributed by atoms with E-state index in [0.29, 0.717) is 6.54 Å². The highest BCUT2D eigenvalue weighted by Gasteiger charge is 2.27. The van der Waals surface area contributed by atoms with E-state index < -0.39 is 14.6 Å². The number of hydrogen-bond donors (Lipinski definition) is 3. The molecule has 17 heavy (non-hydrogen) atoms. The van der Waals surface area contributed by atoms with Gasteiger partial charge in [-0.25, -0.2) is 4.79 Å². The molecule has 0 aromatic carbocycles. The predicted molar refractivity (Wildman–Crippen MR) is 76.8 cm³/mol. The summed E-state index contributed by atoms with van der Waals surface area (Å²) in [5, 5.41) is 2.43. The Labute approximate surface area is 111 Å². The first kappa shape index (κ1) is 19.1. The summed E-state index contributed by atoms with van der Waals surface area (Å²) in [5.74, 6) is 0.912. The van der Waals surface area contributed by atoms with Crippen LogP contribution in [0.25, 0.3) is 0 Å². The van der Waals surface area contributed by atoms with Gasteiger partial charge in [-0.2, -0.15) is 12.6 Å². The molecule has 0 radical (unpaired) electrons. The van der Waals surface area contributed by atoms with Crippen LogP contribution in [0.4, 0.5) is 4.79 Å². The van der Waals surface area contributed by atoms with Crippen molar-refractivity contribution in [1.29, 1.82) is 0 Å². The second-order valence-electron chi connectivity index (χ2n) is 3.66. The van der Waals surface area contributed by atoms with Crippen molar-refractivity contribution in [2.75, 3.05) is 26.5 Å². The SMILES string of the molecule is CCCNC(N)=O.CO[Si](C)(CCCS)OC. The van der Waals surface area contributed by atoms with Crippen LogP contribution >= 0.6 is 12.6 Å². The fraction of sp³-hybridized carbons (Fsp3) is 0.900. The zero-order chi connectivity index (χ0) is 13.7. The van der Waals surface area contributed by atoms with E-state index in [-0.39, 0.29) is 0 Å². The topological polar surface area (TPSA) is 73.6 Å². The number of hydrogen-bond acceptors (Lipinski definition) is 4. The number of amides is 2. The van der Waals surface area contributed by atoms with E-state index in [1.54, 1.807) is 14.2 Å². The molecule has 7 heteroatoms. The smallest absolute Gasteiger partial charge is 0.334 e. The normalized spacial score (nSPS) is 10.4. The molecule has 104 valence electrons. The number of thiol groups is 1. The van der Waals surface area contributed by atoms with Crippen LogP contribution in [-0.2, 0) is 8.85 Å². The molecule has 0 aromatic heterocycles. The molecule has 0 aromatic rings. The lowest BCUT2D eigenvalue weighted by Crippen LogP contribution is -2.35. The van der Waals surface area contributed by atoms with E-state index in [1.165, 1.54) is 0 Å². The van der Waals surface area contributed by atoms with Crippen LogP contribution in [0.2, 0.25) is 12.6 Å². The second kappa shape index (κ2) is 12.2. The molecule has 0 rings (SSSR count). The number of rotatable bonds is 7. The molecule has 0 bridgehead atoms. The number of primary amides is 1. The molecule has 3 N–H and O–H groups in total. The molecule has 0 atom stereocenters. The third-order valence-electron chi connectivity index (χ3n) is 2.20. The minimum Gasteiger partial charge on any atom is -0.398 e. The van der Waals surface area contributed by atoms with Crippen LogP contribution in [0.3, 0.4) is 0 Å². The average Bonchev–Trinajstić information content (AvgIpc) is 2.34. The Morgan fingerprint density at radius 3 is 2.18 bits per heavy atom. The van der Waals surface area contributed by atoms with Gasteiger partial charge in [-0.3, -0.25) is 0 Å². The Kier molecular flexibility index (Phi) is 13.7. The molecule has 0 aliphatic rings. The summed E-state index contributed by atoms with van der Waals surface area (Å²) in [6.07, 6.45) is 2.01. The van der Waals surface area contributed by atoms with Crippen molar-refractivity contribution in [2.24, 2.45) is 5.73 Å². The van der Waals surface area contributed by atoms with Gasteiger partial charge in [-0.15, -0.1) is 0 Å². The largest absolute Gasteiger partial charge is 0.398 e. The molecule has 0 aliphatic heterocycles. The van der Waals surface area contributed by atoms with Crippen LogP contribution < -0.4 is 11.1 Å². The summed E-state index contributed by atoms with van der Waals surface area (Å²) in [7, 11) is 1.67. The molecule has 0 aliphatic carbocycles. The summed E-state index contributed by atoms with van der Waals surface area (Å²) in [4.78, 5) is 9.87. The number of nitrogens with two attached hydrogens (primary N) is 1. The van der Waals surface area contributed by atoms with Crippen molar-refractivity contribution < 1.29 is 13.6 Å². The zero-order valence-electron chi connectivity index (χ0n) is 11.3. The Balaban J connectivity index is 0. The molecular weight excluding hydrogens is 256 g/mol. The molecule has 0 heterocycles. The van der Waals surface area contributed by atoms with Crippen LogP contribution in [0.1, 0.15) is 19.8 Å². The van der Waals surface area contributed by atoms with Crippen molar-refractivity contribution in [3.05, 3.63) is 0 Å². The first-order chi connectivity index (χ1) is 7.95. The fourth-order valence-corrected chi connectivity index (χ4v) is 2.79. The van der Waals surface area contributed by atoms with E-state index >= 15 is 0 Å². The lowest BCUT2D eigenvalue weighted by atomic mass is 10.5. The minimum atomic E-state index is -1.77. The van der Waals surface area contributed by atoms with E-state index in [0.717, 1.165) is 24.6 Å². The third-order valence-corrected chi connectivity index (χ3v) is 5.51. The van der Waals surface area contributed by atoms with Crippen molar-refractivity contribution in [1.82, 2.24) is 5.32 Å². The highest BCUT2D eigenvalue weighted by molar-refractivity contribution is 7.80. The highest BCUT2D eigenvalue weighted by atomic mass is 32.1. The maximum absolute atomic E-state index is 9.87. The van der Waals surface area contributed by atoms with Gasteiger partial charge in [-0.1, -0.05) is 6.92 Å². The Hall–Kier alpha value is -0.243. The van der Waals surface area contributed by atoms with Crippen LogP contribution in [0.15, 0.2) is 0 Å². The van der Waals surface area contributed by atoms with Crippen molar-refractivity contribution in [3.8, 4) is 0 Å². The van der Waals surface area contributed by atoms with Crippen LogP contribution in [-0.4, -0.2) is 41.1 Å². The standard InChI is InChI=1S/C6H16O2SSi.C4H10N2O/c1-7-10(3,8-2)6-4-5-9;1-2-3-6-4(5)7/h9H,4-6H2,1-3H3;2-3H2,1H3,(H3,5,6,7). The van der Waals surface area contributed by atoms with E-state index in [1.807, 2.05) is 6.92 Å². The summed E-state index contributed by atoms with van der Waals surface area (Å²) < 4.78 is 10.5. The van der Waals surface area contributed by atoms with Crippen molar-refractivity contribution in [2.45, 2.75) is 32.4 Å². The lowest BCUT2D eigenvalue weighted by Gasteiger charge is -2.21. The Morgan fingerprint density at radius 1 is 1.41 bits per heavy atom. The van der Waals surface area contributed by atoms with Gasteiger partial charge in [0.1, 0.15) is 0 Å². The second-order valence-corrected chi connectivity index (χ2v) is 7.69. The van der Waals surface area contributed by atoms with Crippen molar-refractivity contribution >= 4 is 27.2 Å². The van der Waals surface area contributed by atoms with Gasteiger partial charge < -0.3 is 19.9 Å². The number of carbonyl (C=O) groups excluding carboxylic acids is 1. The maximum Gasteiger partial charge on any atom is 0.334 e. The van der Waals surface area contributed by atoms with Gasteiger partial charge in [0.25, 0.3) is 0 Å². The maximum atomic E-state index is 9.87. The lowest BCUT2D eigenvalue weighted by molar-refractivity contribution is 0.248. The first-order valence-electron chi connectivity index (χ1n) is 5.70. The molecule has 5 nitrogen and oxygen atoms in total. The van der Waals surface area contributed by atoms with E-state index in [4.69, 9.17) is 14.6 Å². The number of urea groups is 1. The van der Waals surface area contributed by atoms with Gasteiger partial charge >= 0.3 is 14.6 Å². The summed E-state index contributed by atoms with van der Waals surface area (Å²) in [6.45, 7) is 4.71. The summed E-state index contributed by atoms with van der Waals surface area (Å²) >= 11 is 4.12.